The number of hydrogen-bond acceptors (Lipinski definition) is 8. The maximum Gasteiger partial charge on any atom is 0.379 e. The second-order valence-corrected chi connectivity index (χ2v) is 9.96. The summed E-state index contributed by atoms with van der Waals surface area (Å²) in [5, 5.41) is 0.145. The fourth-order valence-electron chi connectivity index (χ4n) is 4.16. The zero-order valence-corrected chi connectivity index (χ0v) is 22.5. The van der Waals surface area contributed by atoms with Gasteiger partial charge in [-0.1, -0.05) is 53.8 Å². The molecule has 0 aliphatic carbocycles. The van der Waals surface area contributed by atoms with Crippen LogP contribution in [-0.4, -0.2) is 23.1 Å². The van der Waals surface area contributed by atoms with Crippen molar-refractivity contribution in [1.29, 1.82) is 0 Å². The molecule has 2 aromatic heterocycles. The van der Waals surface area contributed by atoms with E-state index in [9.17, 15) is 18.8 Å². The Morgan fingerprint density at radius 1 is 1.18 bits per heavy atom. The number of rotatable bonds is 7. The number of aromatic nitrogens is 1. The van der Waals surface area contributed by atoms with Crippen molar-refractivity contribution in [3.05, 3.63) is 132 Å². The number of ether oxygens (including phenoxy) is 2. The summed E-state index contributed by atoms with van der Waals surface area (Å²) in [6, 6.07) is 12.7. The summed E-state index contributed by atoms with van der Waals surface area (Å²) in [6.07, 6.45) is 4.15. The number of allylic oxidation sites excluding steroid dienone is 1. The smallest absolute Gasteiger partial charge is 0.379 e. The summed E-state index contributed by atoms with van der Waals surface area (Å²) in [5.74, 6) is -1.67. The lowest BCUT2D eigenvalue weighted by Gasteiger charge is -2.24. The van der Waals surface area contributed by atoms with Gasteiger partial charge < -0.3 is 13.9 Å². The van der Waals surface area contributed by atoms with Gasteiger partial charge >= 0.3 is 11.9 Å². The fourth-order valence-corrected chi connectivity index (χ4v) is 5.41. The number of nitrogens with zero attached hydrogens (tertiary/aromatic N) is 2. The van der Waals surface area contributed by atoms with E-state index in [4.69, 9.17) is 25.5 Å². The minimum Gasteiger partial charge on any atom is -0.458 e. The van der Waals surface area contributed by atoms with Crippen LogP contribution in [0.5, 0.6) is 5.75 Å². The Balaban J connectivity index is 1.61. The summed E-state index contributed by atoms with van der Waals surface area (Å²) >= 11 is 7.22. The molecule has 1 aliphatic rings. The van der Waals surface area contributed by atoms with Crippen LogP contribution in [0.25, 0.3) is 6.08 Å². The van der Waals surface area contributed by atoms with Crippen molar-refractivity contribution in [2.24, 2.45) is 4.99 Å². The minimum atomic E-state index is -0.929. The van der Waals surface area contributed by atoms with Crippen LogP contribution < -0.4 is 19.6 Å². The molecule has 0 saturated carbocycles. The molecule has 202 valence electrons. The van der Waals surface area contributed by atoms with Gasteiger partial charge in [0.1, 0.15) is 18.2 Å². The average Bonchev–Trinajstić information content (AvgIpc) is 3.58. The van der Waals surface area contributed by atoms with Crippen molar-refractivity contribution in [1.82, 2.24) is 4.57 Å². The number of carbonyl (C=O) groups is 2. The highest BCUT2D eigenvalue weighted by Gasteiger charge is 2.33. The van der Waals surface area contributed by atoms with Crippen LogP contribution in [-0.2, 0) is 9.53 Å². The second kappa shape index (κ2) is 11.3. The maximum absolute atomic E-state index is 14.5. The Morgan fingerprint density at radius 3 is 2.62 bits per heavy atom. The zero-order chi connectivity index (χ0) is 28.4. The Hall–Kier alpha value is -4.54. The molecule has 2 aromatic carbocycles. The highest BCUT2D eigenvalue weighted by Crippen LogP contribution is 2.32. The molecule has 1 aliphatic heterocycles. The number of thiazole rings is 1. The Labute approximate surface area is 235 Å². The van der Waals surface area contributed by atoms with Gasteiger partial charge in [0.25, 0.3) is 5.56 Å². The first-order valence-corrected chi connectivity index (χ1v) is 13.1. The van der Waals surface area contributed by atoms with Crippen LogP contribution in [0.15, 0.2) is 99.0 Å². The second-order valence-electron chi connectivity index (χ2n) is 8.54. The molecule has 1 unspecified atom stereocenters. The van der Waals surface area contributed by atoms with E-state index in [-0.39, 0.29) is 38.8 Å². The lowest BCUT2D eigenvalue weighted by Crippen LogP contribution is -2.40. The van der Waals surface area contributed by atoms with E-state index in [1.54, 1.807) is 25.1 Å². The third-order valence-corrected chi connectivity index (χ3v) is 7.29. The molecule has 0 saturated heterocycles. The minimum absolute atomic E-state index is 0.0389. The van der Waals surface area contributed by atoms with Gasteiger partial charge in [0.05, 0.1) is 33.1 Å². The van der Waals surface area contributed by atoms with Crippen molar-refractivity contribution in [2.45, 2.75) is 13.0 Å². The lowest BCUT2D eigenvalue weighted by atomic mass is 9.96. The first-order chi connectivity index (χ1) is 19.3. The van der Waals surface area contributed by atoms with E-state index in [1.165, 1.54) is 59.4 Å². The Bertz CT molecular complexity index is 1820. The van der Waals surface area contributed by atoms with E-state index in [0.717, 1.165) is 11.3 Å². The monoisotopic (exact) mass is 578 g/mol. The van der Waals surface area contributed by atoms with Crippen molar-refractivity contribution in [3.63, 3.8) is 0 Å². The van der Waals surface area contributed by atoms with Gasteiger partial charge in [-0.15, -0.1) is 0 Å². The summed E-state index contributed by atoms with van der Waals surface area (Å²) in [5.41, 5.74) is 0.585. The van der Waals surface area contributed by atoms with Crippen LogP contribution in [0.4, 0.5) is 4.39 Å². The number of fused-ring (bicyclic) bond motifs is 1. The summed E-state index contributed by atoms with van der Waals surface area (Å²) in [7, 11) is 0. The number of furan rings is 1. The Morgan fingerprint density at radius 2 is 1.95 bits per heavy atom. The molecule has 0 amide bonds. The van der Waals surface area contributed by atoms with Gasteiger partial charge in [0.15, 0.2) is 4.80 Å². The van der Waals surface area contributed by atoms with Crippen LogP contribution >= 0.6 is 22.9 Å². The van der Waals surface area contributed by atoms with E-state index >= 15 is 0 Å². The number of halogens is 2. The molecular formula is C29H20ClFN2O6S. The van der Waals surface area contributed by atoms with Gasteiger partial charge in [0, 0.05) is 5.56 Å². The number of benzene rings is 2. The van der Waals surface area contributed by atoms with Crippen molar-refractivity contribution in [3.8, 4) is 5.75 Å². The maximum atomic E-state index is 14.5. The third kappa shape index (κ3) is 5.18. The largest absolute Gasteiger partial charge is 0.458 e. The summed E-state index contributed by atoms with van der Waals surface area (Å²) in [6.45, 7) is 5.17. The molecule has 3 heterocycles. The van der Waals surface area contributed by atoms with Crippen LogP contribution in [0.1, 0.15) is 34.6 Å². The van der Waals surface area contributed by atoms with Gasteiger partial charge in [-0.25, -0.2) is 19.0 Å². The Kier molecular flexibility index (Phi) is 7.63. The first-order valence-electron chi connectivity index (χ1n) is 11.9. The van der Waals surface area contributed by atoms with Crippen LogP contribution in [0.3, 0.4) is 0 Å². The zero-order valence-electron chi connectivity index (χ0n) is 20.9. The average molecular weight is 579 g/mol. The fraction of sp³-hybridized carbons (Fsp3) is 0.103. The predicted molar refractivity (Wildman–Crippen MR) is 146 cm³/mol. The van der Waals surface area contributed by atoms with Crippen molar-refractivity contribution in [2.75, 3.05) is 6.61 Å². The van der Waals surface area contributed by atoms with Gasteiger partial charge in [-0.2, -0.15) is 0 Å². The topological polar surface area (TPSA) is 100 Å². The predicted octanol–water partition coefficient (Wildman–Crippen LogP) is 4.57. The van der Waals surface area contributed by atoms with E-state index < -0.39 is 29.4 Å². The summed E-state index contributed by atoms with van der Waals surface area (Å²) in [4.78, 5) is 43.9. The third-order valence-electron chi connectivity index (χ3n) is 5.98. The van der Waals surface area contributed by atoms with Gasteiger partial charge in [0.2, 0.25) is 5.76 Å². The molecule has 1 atom stereocenters. The van der Waals surface area contributed by atoms with Crippen molar-refractivity contribution >= 4 is 41.0 Å². The molecule has 0 N–H and O–H groups in total. The lowest BCUT2D eigenvalue weighted by molar-refractivity contribution is -0.138. The normalized spacial score (nSPS) is 14.9. The van der Waals surface area contributed by atoms with E-state index in [0.29, 0.717) is 16.1 Å². The molecule has 5 rings (SSSR count). The van der Waals surface area contributed by atoms with Crippen molar-refractivity contribution < 1.29 is 27.9 Å². The molecule has 4 aromatic rings. The van der Waals surface area contributed by atoms with E-state index in [2.05, 4.69) is 11.6 Å². The molecule has 0 bridgehead atoms. The SMILES string of the molecule is C=CCOC(=O)C1=C(C)N=c2sc(=Cc3c(F)cccc3Cl)c(=O)n2C1c1ccc(OC(=O)c2ccco2)cc1. The molecule has 8 nitrogen and oxygen atoms in total. The standard InChI is InChI=1S/C29H20ClFN2O6S/c1-3-13-38-28(36)24-16(2)32-29-33(26(34)23(40-29)15-19-20(30)6-4-7-21(19)31)25(24)17-9-11-18(12-10-17)39-27(35)22-8-5-14-37-22/h3-12,14-15,25H,1,13H2,2H3. The first kappa shape index (κ1) is 27.0. The quantitative estimate of drug-likeness (QED) is 0.181. The molecular weight excluding hydrogens is 559 g/mol. The molecule has 40 heavy (non-hydrogen) atoms. The number of esters is 2. The highest BCUT2D eigenvalue weighted by atomic mass is 35.5. The number of carbonyl (C=O) groups excluding carboxylic acids is 2. The summed E-state index contributed by atoms with van der Waals surface area (Å²) < 4.78 is 31.8. The van der Waals surface area contributed by atoms with Crippen LogP contribution in [0, 0.1) is 5.82 Å². The highest BCUT2D eigenvalue weighted by molar-refractivity contribution is 7.07. The molecule has 0 spiro atoms. The van der Waals surface area contributed by atoms with Gasteiger partial charge in [-0.3, -0.25) is 9.36 Å². The molecule has 0 fully saturated rings. The molecule has 11 heteroatoms. The number of hydrogen-bond donors (Lipinski definition) is 0. The van der Waals surface area contributed by atoms with Crippen LogP contribution in [0.2, 0.25) is 5.02 Å². The molecule has 0 radical (unpaired) electrons. The van der Waals surface area contributed by atoms with Gasteiger partial charge in [-0.05, 0) is 55.0 Å². The van der Waals surface area contributed by atoms with E-state index in [1.807, 2.05) is 0 Å².